The van der Waals surface area contributed by atoms with Crippen molar-refractivity contribution in [3.05, 3.63) is 89.5 Å². The van der Waals surface area contributed by atoms with Crippen LogP contribution in [0.15, 0.2) is 71.5 Å². The summed E-state index contributed by atoms with van der Waals surface area (Å²) in [6.07, 6.45) is 6.78. The van der Waals surface area contributed by atoms with E-state index in [4.69, 9.17) is 14.9 Å². The van der Waals surface area contributed by atoms with Crippen LogP contribution in [0.3, 0.4) is 0 Å². The Balaban J connectivity index is 1.20. The van der Waals surface area contributed by atoms with Gasteiger partial charge in [-0.2, -0.15) is 0 Å². The van der Waals surface area contributed by atoms with Gasteiger partial charge in [0.15, 0.2) is 0 Å². The van der Waals surface area contributed by atoms with Crippen molar-refractivity contribution >= 4 is 28.4 Å². The number of amides is 2. The fourth-order valence-electron chi connectivity index (χ4n) is 6.11. The average molecular weight is 557 g/mol. The van der Waals surface area contributed by atoms with Crippen LogP contribution in [0.1, 0.15) is 58.8 Å². The van der Waals surface area contributed by atoms with Crippen molar-refractivity contribution in [2.24, 2.45) is 5.73 Å². The van der Waals surface area contributed by atoms with E-state index in [1.165, 1.54) is 34.7 Å². The number of anilines is 1. The van der Waals surface area contributed by atoms with Crippen LogP contribution in [0.25, 0.3) is 10.9 Å². The van der Waals surface area contributed by atoms with E-state index in [0.29, 0.717) is 30.0 Å². The summed E-state index contributed by atoms with van der Waals surface area (Å²) >= 11 is 0. The molecule has 4 aromatic rings. The van der Waals surface area contributed by atoms with Gasteiger partial charge in [-0.1, -0.05) is 30.3 Å². The number of hydrogen-bond donors (Lipinski definition) is 2. The second kappa shape index (κ2) is 13.2. The van der Waals surface area contributed by atoms with Gasteiger partial charge in [0.1, 0.15) is 6.26 Å². The lowest BCUT2D eigenvalue weighted by Crippen LogP contribution is -2.42. The Morgan fingerprint density at radius 2 is 1.95 bits per heavy atom. The van der Waals surface area contributed by atoms with Crippen molar-refractivity contribution in [3.8, 4) is 0 Å². The van der Waals surface area contributed by atoms with Crippen molar-refractivity contribution in [2.45, 2.75) is 57.5 Å². The molecule has 216 valence electrons. The molecule has 2 amide bonds. The monoisotopic (exact) mass is 556 g/mol. The van der Waals surface area contributed by atoms with Gasteiger partial charge in [0.05, 0.1) is 11.8 Å². The fraction of sp³-hybridized carbons (Fsp3) is 0.394. The van der Waals surface area contributed by atoms with E-state index < -0.39 is 0 Å². The molecule has 1 fully saturated rings. The lowest BCUT2D eigenvalue weighted by molar-refractivity contribution is -0.132. The number of carbonyl (C=O) groups excluding carboxylic acids is 2. The van der Waals surface area contributed by atoms with Gasteiger partial charge in [0, 0.05) is 74.0 Å². The van der Waals surface area contributed by atoms with Gasteiger partial charge >= 0.3 is 0 Å². The standard InChI is InChI=1S/C33H40N4O4/c1-23-29-8-3-4-9-30(29)37(16-6-17-40-2)32(23)25-7-5-15-36(21-25)31(38)20-27(34)19-24-10-12-28(13-11-24)35-33(39)26-14-18-41-22-26/h3-4,8-14,18,22,25,27H,5-7,15-17,19-21,34H2,1-2H3,(H,35,39). The zero-order valence-corrected chi connectivity index (χ0v) is 24.0. The molecule has 0 radical (unpaired) electrons. The maximum atomic E-state index is 13.4. The summed E-state index contributed by atoms with van der Waals surface area (Å²) in [5.41, 5.74) is 12.6. The molecule has 0 aliphatic carbocycles. The molecule has 41 heavy (non-hydrogen) atoms. The van der Waals surface area contributed by atoms with Crippen LogP contribution >= 0.6 is 0 Å². The number of likely N-dealkylation sites (tertiary alicyclic amines) is 1. The first-order chi connectivity index (χ1) is 19.9. The van der Waals surface area contributed by atoms with E-state index in [9.17, 15) is 9.59 Å². The number of para-hydroxylation sites is 1. The van der Waals surface area contributed by atoms with Gasteiger partial charge in [-0.15, -0.1) is 0 Å². The first-order valence-corrected chi connectivity index (χ1v) is 14.5. The van der Waals surface area contributed by atoms with Crippen LogP contribution in [0.4, 0.5) is 5.69 Å². The number of nitrogens with one attached hydrogen (secondary N) is 1. The van der Waals surface area contributed by atoms with Gasteiger partial charge in [-0.25, -0.2) is 0 Å². The van der Waals surface area contributed by atoms with Crippen LogP contribution in [0, 0.1) is 6.92 Å². The van der Waals surface area contributed by atoms with Gasteiger partial charge in [-0.05, 0) is 68.0 Å². The Morgan fingerprint density at radius 1 is 1.15 bits per heavy atom. The highest BCUT2D eigenvalue weighted by Crippen LogP contribution is 2.36. The molecule has 0 saturated carbocycles. The summed E-state index contributed by atoms with van der Waals surface area (Å²) in [5.74, 6) is 0.189. The second-order valence-electron chi connectivity index (χ2n) is 11.0. The minimum atomic E-state index is -0.281. The van der Waals surface area contributed by atoms with Crippen LogP contribution in [-0.2, 0) is 22.5 Å². The SMILES string of the molecule is COCCCn1c(C2CCCN(C(=O)CC(N)Cc3ccc(NC(=O)c4ccoc4)cc3)C2)c(C)c2ccccc21. The first kappa shape index (κ1) is 28.6. The Kier molecular flexibility index (Phi) is 9.21. The molecule has 2 atom stereocenters. The number of piperidine rings is 1. The van der Waals surface area contributed by atoms with E-state index in [2.05, 4.69) is 41.1 Å². The van der Waals surface area contributed by atoms with Gasteiger partial charge in [-0.3, -0.25) is 9.59 Å². The molecule has 0 bridgehead atoms. The zero-order valence-electron chi connectivity index (χ0n) is 24.0. The normalized spacial score (nSPS) is 16.2. The third-order valence-electron chi connectivity index (χ3n) is 8.09. The third-order valence-corrected chi connectivity index (χ3v) is 8.09. The molecular formula is C33H40N4O4. The number of furan rings is 1. The number of aromatic nitrogens is 1. The average Bonchev–Trinajstić information content (AvgIpc) is 3.62. The van der Waals surface area contributed by atoms with E-state index in [1.54, 1.807) is 13.2 Å². The van der Waals surface area contributed by atoms with Crippen LogP contribution in [-0.4, -0.2) is 54.1 Å². The van der Waals surface area contributed by atoms with Crippen molar-refractivity contribution in [1.82, 2.24) is 9.47 Å². The summed E-state index contributed by atoms with van der Waals surface area (Å²) in [5, 5.41) is 4.14. The van der Waals surface area contributed by atoms with Gasteiger partial charge in [0.25, 0.3) is 5.91 Å². The topological polar surface area (TPSA) is 103 Å². The number of rotatable bonds is 11. The molecule has 5 rings (SSSR count). The van der Waals surface area contributed by atoms with E-state index in [0.717, 1.165) is 51.1 Å². The molecule has 2 aromatic heterocycles. The Labute approximate surface area is 241 Å². The van der Waals surface area contributed by atoms with E-state index in [1.807, 2.05) is 29.2 Å². The predicted octanol–water partition coefficient (Wildman–Crippen LogP) is 5.50. The lowest BCUT2D eigenvalue weighted by Gasteiger charge is -2.34. The number of carbonyl (C=O) groups is 2. The molecule has 3 heterocycles. The van der Waals surface area contributed by atoms with Gasteiger partial charge < -0.3 is 29.7 Å². The number of benzene rings is 2. The zero-order chi connectivity index (χ0) is 28.8. The number of hydrogen-bond acceptors (Lipinski definition) is 5. The second-order valence-corrected chi connectivity index (χ2v) is 11.0. The van der Waals surface area contributed by atoms with Crippen molar-refractivity contribution < 1.29 is 18.7 Å². The van der Waals surface area contributed by atoms with E-state index in [-0.39, 0.29) is 17.9 Å². The summed E-state index contributed by atoms with van der Waals surface area (Å²) < 4.78 is 12.8. The highest BCUT2D eigenvalue weighted by molar-refractivity contribution is 6.03. The van der Waals surface area contributed by atoms with E-state index >= 15 is 0 Å². The number of ether oxygens (including phenoxy) is 1. The number of fused-ring (bicyclic) bond motifs is 1. The predicted molar refractivity (Wildman–Crippen MR) is 161 cm³/mol. The minimum Gasteiger partial charge on any atom is -0.472 e. The molecule has 2 aromatic carbocycles. The van der Waals surface area contributed by atoms with Crippen LogP contribution in [0.2, 0.25) is 0 Å². The van der Waals surface area contributed by atoms with Crippen molar-refractivity contribution in [2.75, 3.05) is 32.1 Å². The maximum Gasteiger partial charge on any atom is 0.258 e. The molecule has 3 N–H and O–H groups in total. The first-order valence-electron chi connectivity index (χ1n) is 14.5. The van der Waals surface area contributed by atoms with Crippen LogP contribution < -0.4 is 11.1 Å². The fourth-order valence-corrected chi connectivity index (χ4v) is 6.11. The Morgan fingerprint density at radius 3 is 2.71 bits per heavy atom. The molecular weight excluding hydrogens is 516 g/mol. The summed E-state index contributed by atoms with van der Waals surface area (Å²) in [4.78, 5) is 27.6. The summed E-state index contributed by atoms with van der Waals surface area (Å²) in [7, 11) is 1.74. The number of aryl methyl sites for hydroxylation is 2. The Bertz CT molecular complexity index is 1460. The largest absolute Gasteiger partial charge is 0.472 e. The number of methoxy groups -OCH3 is 1. The van der Waals surface area contributed by atoms with Crippen molar-refractivity contribution in [1.29, 1.82) is 0 Å². The maximum absolute atomic E-state index is 13.4. The summed E-state index contributed by atoms with van der Waals surface area (Å²) in [6.45, 7) is 5.34. The van der Waals surface area contributed by atoms with Crippen LogP contribution in [0.5, 0.6) is 0 Å². The third kappa shape index (κ3) is 6.72. The van der Waals surface area contributed by atoms with Gasteiger partial charge in [0.2, 0.25) is 5.91 Å². The van der Waals surface area contributed by atoms with Crippen molar-refractivity contribution in [3.63, 3.8) is 0 Å². The lowest BCUT2D eigenvalue weighted by atomic mass is 9.91. The molecule has 8 nitrogen and oxygen atoms in total. The smallest absolute Gasteiger partial charge is 0.258 e. The molecule has 1 aliphatic heterocycles. The molecule has 0 spiro atoms. The summed E-state index contributed by atoms with van der Waals surface area (Å²) in [6, 6.07) is 17.5. The molecule has 8 heteroatoms. The molecule has 2 unspecified atom stereocenters. The quantitative estimate of drug-likeness (QED) is 0.238. The number of nitrogens with zero attached hydrogens (tertiary/aromatic N) is 2. The molecule has 1 saturated heterocycles. The Hall–Kier alpha value is -3.88. The minimum absolute atomic E-state index is 0.117. The highest BCUT2D eigenvalue weighted by Gasteiger charge is 2.29. The highest BCUT2D eigenvalue weighted by atomic mass is 16.5. The number of nitrogens with two attached hydrogens (primary N) is 1. The molecule has 1 aliphatic rings.